The van der Waals surface area contributed by atoms with Crippen molar-refractivity contribution in [1.29, 1.82) is 0 Å². The molecule has 1 aromatic heterocycles. The predicted molar refractivity (Wildman–Crippen MR) is 92.0 cm³/mol. The van der Waals surface area contributed by atoms with E-state index in [4.69, 9.17) is 5.73 Å². The molecule has 0 aliphatic heterocycles. The number of aromatic hydroxyl groups is 1. The Morgan fingerprint density at radius 3 is 2.56 bits per heavy atom. The lowest BCUT2D eigenvalue weighted by molar-refractivity contribution is -0.137. The number of anilines is 3. The Hall–Kier alpha value is -2.80. The van der Waals surface area contributed by atoms with Crippen molar-refractivity contribution in [2.75, 3.05) is 11.1 Å². The second-order valence-corrected chi connectivity index (χ2v) is 5.83. The molecule has 0 spiro atoms. The van der Waals surface area contributed by atoms with E-state index in [1.165, 1.54) is 18.2 Å². The molecule has 0 saturated carbocycles. The summed E-state index contributed by atoms with van der Waals surface area (Å²) in [4.78, 5) is 3.87. The molecule has 0 fully saturated rings. The Kier molecular flexibility index (Phi) is 4.26. The van der Waals surface area contributed by atoms with Crippen molar-refractivity contribution in [2.45, 2.75) is 6.18 Å². The molecule has 25 heavy (non-hydrogen) atoms. The molecule has 1 unspecified atom stereocenters. The Balaban J connectivity index is 1.98. The van der Waals surface area contributed by atoms with Crippen molar-refractivity contribution in [1.82, 2.24) is 15.2 Å². The fourth-order valence-electron chi connectivity index (χ4n) is 2.35. The number of hydrogen-bond acceptors (Lipinski definition) is 5. The number of nitrogens with two attached hydrogens (primary N) is 1. The van der Waals surface area contributed by atoms with Gasteiger partial charge in [0, 0.05) is 17.3 Å². The number of nitrogens with one attached hydrogen (secondary N) is 2. The van der Waals surface area contributed by atoms with Gasteiger partial charge in [-0.2, -0.15) is 18.2 Å². The van der Waals surface area contributed by atoms with Crippen LogP contribution in [0.25, 0.3) is 11.1 Å². The van der Waals surface area contributed by atoms with Crippen LogP contribution < -0.4 is 16.4 Å². The molecular weight excluding hydrogens is 354 g/mol. The highest BCUT2D eigenvalue weighted by Crippen LogP contribution is 2.36. The van der Waals surface area contributed by atoms with Crippen LogP contribution in [-0.2, 0) is 6.18 Å². The van der Waals surface area contributed by atoms with Gasteiger partial charge < -0.3 is 16.2 Å². The molecule has 10 heteroatoms. The molecule has 0 aliphatic rings. The molecule has 0 amide bonds. The van der Waals surface area contributed by atoms with Crippen LogP contribution in [-0.4, -0.2) is 20.3 Å². The molecule has 3 aromatic rings. The van der Waals surface area contributed by atoms with Crippen molar-refractivity contribution in [3.63, 3.8) is 0 Å². The third-order valence-corrected chi connectivity index (χ3v) is 3.84. The largest absolute Gasteiger partial charge is 0.507 e. The number of nitrogens with zero attached hydrogens (tertiary/aromatic N) is 2. The summed E-state index contributed by atoms with van der Waals surface area (Å²) in [5, 5.41) is 19.9. The molecule has 0 aliphatic carbocycles. The Morgan fingerprint density at radius 2 is 1.96 bits per heavy atom. The average molecular weight is 367 g/mol. The van der Waals surface area contributed by atoms with Crippen molar-refractivity contribution in [2.24, 2.45) is 0 Å². The van der Waals surface area contributed by atoms with E-state index in [2.05, 4.69) is 29.7 Å². The van der Waals surface area contributed by atoms with E-state index in [0.717, 1.165) is 12.1 Å². The van der Waals surface area contributed by atoms with E-state index >= 15 is 0 Å². The number of rotatable bonds is 3. The first-order chi connectivity index (χ1) is 11.7. The maximum absolute atomic E-state index is 12.9. The van der Waals surface area contributed by atoms with Crippen molar-refractivity contribution in [3.8, 4) is 16.9 Å². The van der Waals surface area contributed by atoms with Crippen LogP contribution in [0.2, 0.25) is 0 Å². The van der Waals surface area contributed by atoms with Gasteiger partial charge in [-0.1, -0.05) is 12.1 Å². The maximum atomic E-state index is 12.9. The molecule has 3 rings (SSSR count). The molecule has 130 valence electrons. The Bertz CT molecular complexity index is 903. The quantitative estimate of drug-likeness (QED) is 0.533. The molecule has 0 radical (unpaired) electrons. The zero-order chi connectivity index (χ0) is 18.2. The number of phenolic OH excluding ortho intramolecular Hbond substituents is 1. The van der Waals surface area contributed by atoms with Crippen LogP contribution in [0.15, 0.2) is 36.4 Å². The monoisotopic (exact) mass is 367 g/mol. The number of hydrogen-bond donors (Lipinski definition) is 4. The fraction of sp³-hybridized carbons (Fsp3) is 0.0667. The van der Waals surface area contributed by atoms with Gasteiger partial charge in [-0.25, -0.2) is 5.10 Å². The number of aromatic nitrogens is 3. The first kappa shape index (κ1) is 17.0. The molecule has 0 saturated heterocycles. The number of phenols is 1. The van der Waals surface area contributed by atoms with Gasteiger partial charge in [0.15, 0.2) is 0 Å². The molecular formula is C15H13F3N5OP. The number of alkyl halides is 3. The Labute approximate surface area is 142 Å². The van der Waals surface area contributed by atoms with Crippen LogP contribution in [0.4, 0.5) is 30.8 Å². The number of halogens is 3. The Morgan fingerprint density at radius 1 is 1.20 bits per heavy atom. The van der Waals surface area contributed by atoms with E-state index in [9.17, 15) is 18.3 Å². The van der Waals surface area contributed by atoms with E-state index in [0.29, 0.717) is 11.0 Å². The van der Waals surface area contributed by atoms with E-state index < -0.39 is 11.7 Å². The van der Waals surface area contributed by atoms with Gasteiger partial charge in [-0.05, 0) is 29.1 Å². The van der Waals surface area contributed by atoms with Crippen LogP contribution in [0, 0.1) is 0 Å². The fourth-order valence-corrected chi connectivity index (χ4v) is 2.84. The molecule has 5 N–H and O–H groups in total. The van der Waals surface area contributed by atoms with Crippen LogP contribution in [0.3, 0.4) is 0 Å². The lowest BCUT2D eigenvalue weighted by Gasteiger charge is -2.13. The number of benzene rings is 2. The summed E-state index contributed by atoms with van der Waals surface area (Å²) >= 11 is 0. The third-order valence-electron chi connectivity index (χ3n) is 3.39. The minimum atomic E-state index is -4.46. The number of nitrogen functional groups attached to an aromatic ring is 1. The molecule has 0 bridgehead atoms. The molecule has 2 aromatic carbocycles. The summed E-state index contributed by atoms with van der Waals surface area (Å²) in [6.45, 7) is 0. The summed E-state index contributed by atoms with van der Waals surface area (Å²) in [7, 11) is 2.39. The van der Waals surface area contributed by atoms with Crippen molar-refractivity contribution in [3.05, 3.63) is 42.0 Å². The van der Waals surface area contributed by atoms with Crippen molar-refractivity contribution < 1.29 is 18.3 Å². The van der Waals surface area contributed by atoms with E-state index in [-0.39, 0.29) is 28.8 Å². The van der Waals surface area contributed by atoms with Crippen molar-refractivity contribution >= 4 is 32.1 Å². The molecule has 1 heterocycles. The summed E-state index contributed by atoms with van der Waals surface area (Å²) in [5.41, 5.74) is 5.64. The van der Waals surface area contributed by atoms with Gasteiger partial charge >= 0.3 is 6.18 Å². The smallest absolute Gasteiger partial charge is 0.416 e. The van der Waals surface area contributed by atoms with Gasteiger partial charge in [0.05, 0.1) is 5.56 Å². The first-order valence-corrected chi connectivity index (χ1v) is 7.57. The lowest BCUT2D eigenvalue weighted by atomic mass is 10.0. The van der Waals surface area contributed by atoms with Gasteiger partial charge in [-0.3, -0.25) is 0 Å². The summed E-state index contributed by atoms with van der Waals surface area (Å²) in [6.07, 6.45) is -4.46. The highest BCUT2D eigenvalue weighted by Gasteiger charge is 2.30. The standard InChI is InChI=1S/C15H13F3N5OP/c16-15(17,18)8-3-1-2-7(4-8)12-10(24)5-9(6-11(12)25)20-14-21-13(19)22-23-14/h1-6,24H,25H2,(H4,19,20,21,22,23). The van der Waals surface area contributed by atoms with Crippen LogP contribution in [0.1, 0.15) is 5.56 Å². The number of H-pyrrole nitrogens is 1. The zero-order valence-corrected chi connectivity index (χ0v) is 13.7. The second-order valence-electron chi connectivity index (χ2n) is 5.21. The van der Waals surface area contributed by atoms with Gasteiger partial charge in [0.2, 0.25) is 11.9 Å². The second kappa shape index (κ2) is 6.25. The topological polar surface area (TPSA) is 99.8 Å². The summed E-state index contributed by atoms with van der Waals surface area (Å²) in [6, 6.07) is 7.77. The average Bonchev–Trinajstić information content (AvgIpc) is 2.91. The molecule has 1 atom stereocenters. The highest BCUT2D eigenvalue weighted by atomic mass is 31.0. The molecule has 6 nitrogen and oxygen atoms in total. The SMILES string of the molecule is Nc1nc(Nc2cc(O)c(-c3cccc(C(F)(F)F)c3)c(P)c2)n[nH]1. The number of aromatic amines is 1. The maximum Gasteiger partial charge on any atom is 0.416 e. The minimum absolute atomic E-state index is 0.124. The van der Waals surface area contributed by atoms with Gasteiger partial charge in [0.1, 0.15) is 5.75 Å². The van der Waals surface area contributed by atoms with Crippen LogP contribution in [0.5, 0.6) is 5.75 Å². The third kappa shape index (κ3) is 3.66. The highest BCUT2D eigenvalue weighted by molar-refractivity contribution is 7.28. The van der Waals surface area contributed by atoms with Gasteiger partial charge in [-0.15, -0.1) is 14.3 Å². The van der Waals surface area contributed by atoms with E-state index in [1.807, 2.05) is 0 Å². The lowest BCUT2D eigenvalue weighted by Crippen LogP contribution is -2.06. The summed E-state index contributed by atoms with van der Waals surface area (Å²) in [5.74, 6) is 0.143. The predicted octanol–water partition coefficient (Wildman–Crippen LogP) is 3.02. The van der Waals surface area contributed by atoms with Gasteiger partial charge in [0.25, 0.3) is 0 Å². The van der Waals surface area contributed by atoms with Crippen LogP contribution >= 0.6 is 9.24 Å². The minimum Gasteiger partial charge on any atom is -0.507 e. The first-order valence-electron chi connectivity index (χ1n) is 6.99. The summed E-state index contributed by atoms with van der Waals surface area (Å²) < 4.78 is 38.7. The van der Waals surface area contributed by atoms with E-state index in [1.54, 1.807) is 6.07 Å². The normalized spacial score (nSPS) is 11.5. The zero-order valence-electron chi connectivity index (χ0n) is 12.6.